The van der Waals surface area contributed by atoms with Crippen LogP contribution in [0.1, 0.15) is 94.7 Å². The molecule has 0 radical (unpaired) electrons. The van der Waals surface area contributed by atoms with Crippen molar-refractivity contribution in [3.05, 3.63) is 82.9 Å². The quantitative estimate of drug-likeness (QED) is 0.218. The summed E-state index contributed by atoms with van der Waals surface area (Å²) in [5.74, 6) is 1.54. The number of hydrogen-bond acceptors (Lipinski definition) is 3. The monoisotopic (exact) mass is 511 g/mol. The molecule has 0 saturated carbocycles. The average molecular weight is 512 g/mol. The van der Waals surface area contributed by atoms with Crippen molar-refractivity contribution in [3.8, 4) is 11.5 Å². The Hall–Kier alpha value is -2.78. The van der Waals surface area contributed by atoms with Crippen LogP contribution in [-0.2, 0) is 13.0 Å². The zero-order chi connectivity index (χ0) is 26.5. The molecule has 1 N–H and O–H groups in total. The molecule has 0 aromatic heterocycles. The molecule has 0 aliphatic carbocycles. The molecular weight excluding hydrogens is 466 g/mol. The zero-order valence-corrected chi connectivity index (χ0v) is 23.6. The third kappa shape index (κ3) is 6.43. The maximum absolute atomic E-state index is 11.2. The van der Waals surface area contributed by atoms with Gasteiger partial charge in [0.1, 0.15) is 17.1 Å². The third-order valence-electron chi connectivity index (χ3n) is 8.43. The highest BCUT2D eigenvalue weighted by molar-refractivity contribution is 5.82. The molecule has 1 unspecified atom stereocenters. The average Bonchev–Trinajstić information content (AvgIpc) is 2.90. The molecule has 0 amide bonds. The van der Waals surface area contributed by atoms with Gasteiger partial charge in [0.25, 0.3) is 0 Å². The van der Waals surface area contributed by atoms with Gasteiger partial charge in [0.15, 0.2) is 0 Å². The number of aromatic hydroxyl groups is 1. The summed E-state index contributed by atoms with van der Waals surface area (Å²) in [7, 11) is 0. The highest BCUT2D eigenvalue weighted by Crippen LogP contribution is 2.50. The van der Waals surface area contributed by atoms with Crippen molar-refractivity contribution in [2.24, 2.45) is 0 Å². The van der Waals surface area contributed by atoms with Gasteiger partial charge in [0.2, 0.25) is 0 Å². The fourth-order valence-corrected chi connectivity index (χ4v) is 6.39. The standard InChI is InChI=1S/C35H45NO2/c1-4-5-6-7-8-9-12-26-22-32(37)34-31(24-35(2,3)38-33(34)23-26)29-17-19-36(20-18-29)25-27-15-16-28-13-10-11-14-30(28)21-27/h10-11,13-17,21-23,31,37H,4-9,12,18-20,24-25H2,1-3H3. The fourth-order valence-electron chi connectivity index (χ4n) is 6.39. The largest absolute Gasteiger partial charge is 0.507 e. The summed E-state index contributed by atoms with van der Waals surface area (Å²) in [6, 6.07) is 19.6. The first-order valence-corrected chi connectivity index (χ1v) is 14.9. The number of nitrogens with zero attached hydrogens (tertiary/aromatic N) is 1. The molecule has 1 atom stereocenters. The number of ether oxygens (including phenoxy) is 1. The van der Waals surface area contributed by atoms with E-state index in [2.05, 4.69) is 80.3 Å². The van der Waals surface area contributed by atoms with Crippen LogP contribution in [-0.4, -0.2) is 28.7 Å². The SMILES string of the molecule is CCCCCCCCc1cc(O)c2c(c1)OC(C)(C)CC2C1=CCN(Cc2ccc3ccccc3c2)CC1. The van der Waals surface area contributed by atoms with Crippen LogP contribution < -0.4 is 4.74 Å². The van der Waals surface area contributed by atoms with Gasteiger partial charge in [-0.1, -0.05) is 87.1 Å². The van der Waals surface area contributed by atoms with Gasteiger partial charge in [-0.05, 0) is 79.6 Å². The summed E-state index contributed by atoms with van der Waals surface area (Å²) in [6.07, 6.45) is 13.1. The second-order valence-corrected chi connectivity index (χ2v) is 12.1. The van der Waals surface area contributed by atoms with Gasteiger partial charge < -0.3 is 9.84 Å². The highest BCUT2D eigenvalue weighted by atomic mass is 16.5. The van der Waals surface area contributed by atoms with Crippen molar-refractivity contribution in [3.63, 3.8) is 0 Å². The lowest BCUT2D eigenvalue weighted by Crippen LogP contribution is -2.37. The van der Waals surface area contributed by atoms with Crippen molar-refractivity contribution in [1.29, 1.82) is 0 Å². The molecule has 2 heterocycles. The summed E-state index contributed by atoms with van der Waals surface area (Å²) < 4.78 is 6.46. The number of phenols is 1. The second-order valence-electron chi connectivity index (χ2n) is 12.1. The Kier molecular flexibility index (Phi) is 8.43. The van der Waals surface area contributed by atoms with Crippen LogP contribution >= 0.6 is 0 Å². The number of fused-ring (bicyclic) bond motifs is 2. The summed E-state index contributed by atoms with van der Waals surface area (Å²) >= 11 is 0. The first-order valence-electron chi connectivity index (χ1n) is 14.9. The van der Waals surface area contributed by atoms with E-state index in [1.54, 1.807) is 0 Å². The normalized spacial score (nSPS) is 19.1. The molecule has 2 aliphatic rings. The highest BCUT2D eigenvalue weighted by Gasteiger charge is 2.38. The van der Waals surface area contributed by atoms with Crippen molar-refractivity contribution in [1.82, 2.24) is 4.90 Å². The van der Waals surface area contributed by atoms with E-state index in [1.165, 1.54) is 66.0 Å². The van der Waals surface area contributed by atoms with Gasteiger partial charge in [0, 0.05) is 31.1 Å². The molecule has 0 bridgehead atoms. The zero-order valence-electron chi connectivity index (χ0n) is 23.6. The molecule has 3 heteroatoms. The Morgan fingerprint density at radius 3 is 2.50 bits per heavy atom. The Morgan fingerprint density at radius 2 is 1.71 bits per heavy atom. The Morgan fingerprint density at radius 1 is 0.921 bits per heavy atom. The van der Waals surface area contributed by atoms with E-state index in [0.29, 0.717) is 5.75 Å². The van der Waals surface area contributed by atoms with Gasteiger partial charge in [0.05, 0.1) is 0 Å². The predicted molar refractivity (Wildman–Crippen MR) is 159 cm³/mol. The Bertz CT molecular complexity index is 1270. The fraction of sp³-hybridized carbons (Fsp3) is 0.486. The van der Waals surface area contributed by atoms with E-state index in [9.17, 15) is 5.11 Å². The van der Waals surface area contributed by atoms with Crippen molar-refractivity contribution in [2.75, 3.05) is 13.1 Å². The summed E-state index contributed by atoms with van der Waals surface area (Å²) in [4.78, 5) is 2.53. The molecule has 3 aromatic carbocycles. The van der Waals surface area contributed by atoms with Gasteiger partial charge in [-0.3, -0.25) is 4.90 Å². The Labute approximate surface area is 229 Å². The molecular formula is C35H45NO2. The lowest BCUT2D eigenvalue weighted by molar-refractivity contribution is 0.0745. The Balaban J connectivity index is 1.27. The number of hydrogen-bond donors (Lipinski definition) is 1. The number of benzene rings is 3. The van der Waals surface area contributed by atoms with Gasteiger partial charge in [-0.25, -0.2) is 0 Å². The third-order valence-corrected chi connectivity index (χ3v) is 8.43. The van der Waals surface area contributed by atoms with E-state index in [-0.39, 0.29) is 11.5 Å². The van der Waals surface area contributed by atoms with Crippen molar-refractivity contribution in [2.45, 2.75) is 96.6 Å². The van der Waals surface area contributed by atoms with Crippen LogP contribution in [0.2, 0.25) is 0 Å². The number of phenolic OH excluding ortho intramolecular Hbond substituents is 1. The van der Waals surface area contributed by atoms with E-state index in [4.69, 9.17) is 4.74 Å². The maximum Gasteiger partial charge on any atom is 0.127 e. The molecule has 202 valence electrons. The molecule has 0 spiro atoms. The van der Waals surface area contributed by atoms with E-state index in [1.807, 2.05) is 6.07 Å². The summed E-state index contributed by atoms with van der Waals surface area (Å²) in [5.41, 5.74) is 4.79. The van der Waals surface area contributed by atoms with Crippen molar-refractivity contribution < 1.29 is 9.84 Å². The number of aryl methyl sites for hydroxylation is 1. The minimum absolute atomic E-state index is 0.222. The topological polar surface area (TPSA) is 32.7 Å². The van der Waals surface area contributed by atoms with Gasteiger partial charge in [-0.15, -0.1) is 0 Å². The van der Waals surface area contributed by atoms with Crippen molar-refractivity contribution >= 4 is 10.8 Å². The summed E-state index contributed by atoms with van der Waals surface area (Å²) in [6.45, 7) is 9.61. The molecule has 3 nitrogen and oxygen atoms in total. The maximum atomic E-state index is 11.2. The smallest absolute Gasteiger partial charge is 0.127 e. The molecule has 5 rings (SSSR count). The molecule has 0 fully saturated rings. The van der Waals surface area contributed by atoms with Crippen LogP contribution in [0, 0.1) is 0 Å². The van der Waals surface area contributed by atoms with Crippen LogP contribution in [0.3, 0.4) is 0 Å². The van der Waals surface area contributed by atoms with Crippen LogP contribution in [0.25, 0.3) is 10.8 Å². The van der Waals surface area contributed by atoms with Gasteiger partial charge in [-0.2, -0.15) is 0 Å². The van der Waals surface area contributed by atoms with E-state index < -0.39 is 0 Å². The molecule has 3 aromatic rings. The second kappa shape index (κ2) is 11.9. The molecule has 0 saturated heterocycles. The summed E-state index contributed by atoms with van der Waals surface area (Å²) in [5, 5.41) is 13.8. The molecule has 2 aliphatic heterocycles. The first-order chi connectivity index (χ1) is 18.4. The van der Waals surface area contributed by atoms with Crippen LogP contribution in [0.4, 0.5) is 0 Å². The predicted octanol–water partition coefficient (Wildman–Crippen LogP) is 8.93. The van der Waals surface area contributed by atoms with Crippen LogP contribution in [0.5, 0.6) is 11.5 Å². The molecule has 38 heavy (non-hydrogen) atoms. The van der Waals surface area contributed by atoms with Gasteiger partial charge >= 0.3 is 0 Å². The lowest BCUT2D eigenvalue weighted by atomic mass is 9.77. The van der Waals surface area contributed by atoms with E-state index in [0.717, 1.165) is 50.2 Å². The minimum atomic E-state index is -0.244. The van der Waals surface area contributed by atoms with Crippen LogP contribution in [0.15, 0.2) is 66.2 Å². The lowest BCUT2D eigenvalue weighted by Gasteiger charge is -2.40. The number of rotatable bonds is 10. The van der Waals surface area contributed by atoms with E-state index >= 15 is 0 Å². The number of unbranched alkanes of at least 4 members (excludes halogenated alkanes) is 5. The first kappa shape index (κ1) is 26.8. The minimum Gasteiger partial charge on any atom is -0.507 e.